The maximum absolute atomic E-state index is 13.2. The largest absolute Gasteiger partial charge is 0.481 e. The van der Waals surface area contributed by atoms with Crippen molar-refractivity contribution in [3.8, 4) is 5.75 Å². The molecule has 2 aliphatic heterocycles. The monoisotopic (exact) mass is 394 g/mol. The van der Waals surface area contributed by atoms with Gasteiger partial charge in [0.25, 0.3) is 5.91 Å². The van der Waals surface area contributed by atoms with E-state index >= 15 is 0 Å². The third-order valence-corrected chi connectivity index (χ3v) is 5.96. The zero-order chi connectivity index (χ0) is 20.5. The highest BCUT2D eigenvalue weighted by molar-refractivity contribution is 5.81. The molecule has 6 nitrogen and oxygen atoms in total. The highest BCUT2D eigenvalue weighted by Gasteiger charge is 2.35. The Balaban J connectivity index is 1.49. The van der Waals surface area contributed by atoms with Gasteiger partial charge in [-0.3, -0.25) is 4.79 Å². The maximum atomic E-state index is 13.2. The molecule has 1 fully saturated rings. The number of aromatic nitrogens is 2. The molecule has 1 saturated heterocycles. The fourth-order valence-electron chi connectivity index (χ4n) is 4.34. The molecule has 0 N–H and O–H groups in total. The summed E-state index contributed by atoms with van der Waals surface area (Å²) in [7, 11) is 2.12. The van der Waals surface area contributed by atoms with Crippen molar-refractivity contribution in [2.24, 2.45) is 0 Å². The Morgan fingerprint density at radius 3 is 2.90 bits per heavy atom. The summed E-state index contributed by atoms with van der Waals surface area (Å²) in [6.45, 7) is 8.53. The quantitative estimate of drug-likeness (QED) is 0.797. The molecule has 29 heavy (non-hydrogen) atoms. The average molecular weight is 395 g/mol. The molecule has 1 aromatic carbocycles. The molecule has 0 bridgehead atoms. The number of nitrogens with zero attached hydrogens (tertiary/aromatic N) is 4. The van der Waals surface area contributed by atoms with Gasteiger partial charge in [0.15, 0.2) is 11.9 Å². The summed E-state index contributed by atoms with van der Waals surface area (Å²) < 4.78 is 6.02. The maximum Gasteiger partial charge on any atom is 0.263 e. The average Bonchev–Trinajstić information content (AvgIpc) is 3.18. The molecule has 0 saturated carbocycles. The molecular formula is C23H30N4O2. The fourth-order valence-corrected chi connectivity index (χ4v) is 4.34. The molecule has 2 atom stereocenters. The van der Waals surface area contributed by atoms with E-state index in [1.165, 1.54) is 11.1 Å². The summed E-state index contributed by atoms with van der Waals surface area (Å²) in [5.41, 5.74) is 4.56. The van der Waals surface area contributed by atoms with Crippen LogP contribution in [-0.2, 0) is 17.8 Å². The normalized spacial score (nSPS) is 20.4. The Morgan fingerprint density at radius 1 is 1.28 bits per heavy atom. The molecule has 154 valence electrons. The van der Waals surface area contributed by atoms with E-state index in [0.717, 1.165) is 61.7 Å². The first-order valence-electron chi connectivity index (χ1n) is 10.5. The van der Waals surface area contributed by atoms with Crippen molar-refractivity contribution in [2.75, 3.05) is 20.1 Å². The van der Waals surface area contributed by atoms with Gasteiger partial charge in [0.1, 0.15) is 5.75 Å². The number of ether oxygens (including phenoxy) is 1. The summed E-state index contributed by atoms with van der Waals surface area (Å²) in [5.74, 6) is 1.55. The summed E-state index contributed by atoms with van der Waals surface area (Å²) in [6, 6.07) is 5.97. The molecule has 0 radical (unpaired) electrons. The number of amides is 1. The number of rotatable bonds is 4. The second kappa shape index (κ2) is 8.11. The molecule has 2 unspecified atom stereocenters. The highest BCUT2D eigenvalue weighted by Crippen LogP contribution is 2.32. The van der Waals surface area contributed by atoms with Crippen molar-refractivity contribution in [1.82, 2.24) is 19.8 Å². The summed E-state index contributed by atoms with van der Waals surface area (Å²) in [4.78, 5) is 26.9. The Bertz CT molecular complexity index is 914. The van der Waals surface area contributed by atoms with Gasteiger partial charge in [0, 0.05) is 43.5 Å². The smallest absolute Gasteiger partial charge is 0.263 e. The predicted octanol–water partition coefficient (Wildman–Crippen LogP) is 3.21. The number of hydrogen-bond acceptors (Lipinski definition) is 5. The molecule has 0 aliphatic carbocycles. The lowest BCUT2D eigenvalue weighted by Gasteiger charge is -2.29. The van der Waals surface area contributed by atoms with Crippen LogP contribution >= 0.6 is 0 Å². The number of aryl methyl sites for hydroxylation is 2. The fraction of sp³-hybridized carbons (Fsp3) is 0.522. The molecule has 1 amide bonds. The van der Waals surface area contributed by atoms with E-state index < -0.39 is 6.10 Å². The molecule has 1 aromatic heterocycles. The second-order valence-corrected chi connectivity index (χ2v) is 8.41. The summed E-state index contributed by atoms with van der Waals surface area (Å²) in [6.07, 6.45) is 4.22. The summed E-state index contributed by atoms with van der Waals surface area (Å²) >= 11 is 0. The number of benzene rings is 1. The predicted molar refractivity (Wildman–Crippen MR) is 112 cm³/mol. The van der Waals surface area contributed by atoms with Gasteiger partial charge in [-0.2, -0.15) is 0 Å². The van der Waals surface area contributed by atoms with Crippen molar-refractivity contribution in [3.05, 3.63) is 52.6 Å². The molecule has 6 heteroatoms. The number of carbonyl (C=O) groups excluding carboxylic acids is 1. The van der Waals surface area contributed by atoms with E-state index in [4.69, 9.17) is 9.72 Å². The van der Waals surface area contributed by atoms with Gasteiger partial charge in [-0.25, -0.2) is 9.97 Å². The van der Waals surface area contributed by atoms with Crippen LogP contribution in [-0.4, -0.2) is 51.9 Å². The highest BCUT2D eigenvalue weighted by atomic mass is 16.5. The Hall–Kier alpha value is -2.47. The van der Waals surface area contributed by atoms with Crippen LogP contribution in [0.2, 0.25) is 0 Å². The van der Waals surface area contributed by atoms with Crippen molar-refractivity contribution >= 4 is 5.91 Å². The molecular weight excluding hydrogens is 364 g/mol. The van der Waals surface area contributed by atoms with Crippen molar-refractivity contribution in [3.63, 3.8) is 0 Å². The summed E-state index contributed by atoms with van der Waals surface area (Å²) in [5, 5.41) is 0. The third-order valence-electron chi connectivity index (χ3n) is 5.96. The van der Waals surface area contributed by atoms with Crippen LogP contribution in [0.25, 0.3) is 0 Å². The standard InChI is InChI=1S/C23H30N4O2/c1-15-7-8-21(16(2)12-15)29-17(3)23(28)27-10-5-6-20(27)22-24-13-18-14-26(4)11-9-19(18)25-22/h7-8,12-13,17,20H,5-6,9-11,14H2,1-4H3. The Morgan fingerprint density at radius 2 is 2.10 bits per heavy atom. The second-order valence-electron chi connectivity index (χ2n) is 8.41. The molecule has 2 aromatic rings. The van der Waals surface area contributed by atoms with Crippen LogP contribution in [0.3, 0.4) is 0 Å². The van der Waals surface area contributed by atoms with Gasteiger partial charge >= 0.3 is 0 Å². The van der Waals surface area contributed by atoms with E-state index in [2.05, 4.69) is 29.9 Å². The van der Waals surface area contributed by atoms with Crippen LogP contribution in [0.4, 0.5) is 0 Å². The molecule has 4 rings (SSSR count). The first kappa shape index (κ1) is 19.8. The lowest BCUT2D eigenvalue weighted by atomic mass is 10.1. The zero-order valence-corrected chi connectivity index (χ0v) is 17.8. The lowest BCUT2D eigenvalue weighted by Crippen LogP contribution is -2.40. The molecule has 0 spiro atoms. The SMILES string of the molecule is Cc1ccc(OC(C)C(=O)N2CCCC2c2ncc3c(n2)CCN(C)C3)c(C)c1. The van der Waals surface area contributed by atoms with Crippen molar-refractivity contribution < 1.29 is 9.53 Å². The van der Waals surface area contributed by atoms with E-state index in [-0.39, 0.29) is 11.9 Å². The van der Waals surface area contributed by atoms with Crippen molar-refractivity contribution in [2.45, 2.75) is 58.7 Å². The van der Waals surface area contributed by atoms with E-state index in [1.807, 2.05) is 37.1 Å². The van der Waals surface area contributed by atoms with Crippen LogP contribution < -0.4 is 4.74 Å². The minimum absolute atomic E-state index is 0.00790. The Labute approximate surface area is 172 Å². The van der Waals surface area contributed by atoms with Crippen LogP contribution in [0.5, 0.6) is 5.75 Å². The van der Waals surface area contributed by atoms with Crippen LogP contribution in [0, 0.1) is 13.8 Å². The minimum Gasteiger partial charge on any atom is -0.481 e. The van der Waals surface area contributed by atoms with Crippen molar-refractivity contribution in [1.29, 1.82) is 0 Å². The Kier molecular flexibility index (Phi) is 5.54. The van der Waals surface area contributed by atoms with Gasteiger partial charge in [-0.05, 0) is 52.3 Å². The number of fused-ring (bicyclic) bond motifs is 1. The first-order valence-corrected chi connectivity index (χ1v) is 10.5. The van der Waals surface area contributed by atoms with Gasteiger partial charge in [-0.15, -0.1) is 0 Å². The van der Waals surface area contributed by atoms with E-state index in [1.54, 1.807) is 0 Å². The van der Waals surface area contributed by atoms with Gasteiger partial charge in [0.2, 0.25) is 0 Å². The van der Waals surface area contributed by atoms with Crippen LogP contribution in [0.15, 0.2) is 24.4 Å². The number of likely N-dealkylation sites (tertiary alicyclic amines) is 1. The van der Waals surface area contributed by atoms with E-state index in [0.29, 0.717) is 0 Å². The first-order chi connectivity index (χ1) is 13.9. The van der Waals surface area contributed by atoms with Gasteiger partial charge in [0.05, 0.1) is 6.04 Å². The zero-order valence-electron chi connectivity index (χ0n) is 17.8. The third kappa shape index (κ3) is 4.13. The van der Waals surface area contributed by atoms with E-state index in [9.17, 15) is 4.79 Å². The minimum atomic E-state index is -0.539. The topological polar surface area (TPSA) is 58.6 Å². The van der Waals surface area contributed by atoms with Gasteiger partial charge < -0.3 is 14.5 Å². The van der Waals surface area contributed by atoms with Crippen LogP contribution in [0.1, 0.15) is 54.0 Å². The molecule has 2 aliphatic rings. The number of likely N-dealkylation sites (N-methyl/N-ethyl adjacent to an activating group) is 1. The lowest BCUT2D eigenvalue weighted by molar-refractivity contribution is -0.139. The number of carbonyl (C=O) groups is 1. The van der Waals surface area contributed by atoms with Gasteiger partial charge in [-0.1, -0.05) is 17.7 Å². The molecule has 3 heterocycles. The number of hydrogen-bond donors (Lipinski definition) is 0.